The molecule has 4 rings (SSSR count). The van der Waals surface area contributed by atoms with E-state index in [0.29, 0.717) is 52.9 Å². The first-order chi connectivity index (χ1) is 18.0. The molecular weight excluding hydrogens is 466 g/mol. The van der Waals surface area contributed by atoms with Gasteiger partial charge in [-0.25, -0.2) is 9.78 Å². The molecule has 0 fully saturated rings. The van der Waals surface area contributed by atoms with Crippen molar-refractivity contribution in [3.05, 3.63) is 96.1 Å². The molecule has 8 nitrogen and oxygen atoms in total. The molecule has 0 unspecified atom stereocenters. The highest BCUT2D eigenvalue weighted by molar-refractivity contribution is 6.10. The molecule has 3 aromatic carbocycles. The molecule has 0 aliphatic carbocycles. The minimum atomic E-state index is -0.728. The minimum Gasteiger partial charge on any atom is -0.451 e. The van der Waals surface area contributed by atoms with Crippen LogP contribution in [0.1, 0.15) is 22.3 Å². The molecule has 37 heavy (non-hydrogen) atoms. The first kappa shape index (κ1) is 25.4. The molecule has 8 heteroatoms. The number of amides is 2. The summed E-state index contributed by atoms with van der Waals surface area (Å²) in [6, 6.07) is 28.0. The second-order valence-electron chi connectivity index (χ2n) is 8.42. The van der Waals surface area contributed by atoms with Gasteiger partial charge in [0.1, 0.15) is 0 Å². The van der Waals surface area contributed by atoms with Crippen molar-refractivity contribution in [2.75, 3.05) is 25.7 Å². The number of pyridine rings is 1. The lowest BCUT2D eigenvalue weighted by Gasteiger charge is -2.25. The van der Waals surface area contributed by atoms with Crippen LogP contribution in [-0.4, -0.2) is 42.6 Å². The number of benzene rings is 3. The fourth-order valence-corrected chi connectivity index (χ4v) is 4.13. The number of ether oxygens (including phenoxy) is 1. The van der Waals surface area contributed by atoms with Crippen molar-refractivity contribution < 1.29 is 14.3 Å². The van der Waals surface area contributed by atoms with Gasteiger partial charge in [-0.05, 0) is 25.2 Å². The number of anilines is 1. The molecule has 0 saturated heterocycles. The molecule has 1 N–H and O–H groups in total. The molecule has 1 aromatic heterocycles. The first-order valence-electron chi connectivity index (χ1n) is 11.8. The van der Waals surface area contributed by atoms with E-state index in [0.717, 1.165) is 10.6 Å². The van der Waals surface area contributed by atoms with Crippen LogP contribution in [-0.2, 0) is 11.3 Å². The fourth-order valence-electron chi connectivity index (χ4n) is 4.13. The van der Waals surface area contributed by atoms with Crippen molar-refractivity contribution in [1.29, 1.82) is 5.26 Å². The SMILES string of the molecule is COC(=O)N(NC(=O)c1c(CN(C)CCC#N)c(-c2ccccc2)nc2ccccc12)c1ccccc1. The Morgan fingerprint density at radius 2 is 1.62 bits per heavy atom. The van der Waals surface area contributed by atoms with Crippen LogP contribution in [0.3, 0.4) is 0 Å². The Balaban J connectivity index is 1.89. The molecular formula is C29H27N5O3. The predicted octanol–water partition coefficient (Wildman–Crippen LogP) is 5.17. The van der Waals surface area contributed by atoms with Crippen molar-refractivity contribution in [3.8, 4) is 17.3 Å². The number of methoxy groups -OCH3 is 1. The normalized spacial score (nSPS) is 10.6. The number of para-hydroxylation sites is 2. The van der Waals surface area contributed by atoms with E-state index in [2.05, 4.69) is 11.5 Å². The summed E-state index contributed by atoms with van der Waals surface area (Å²) >= 11 is 0. The van der Waals surface area contributed by atoms with E-state index in [1.165, 1.54) is 7.11 Å². The van der Waals surface area contributed by atoms with Gasteiger partial charge in [-0.3, -0.25) is 10.2 Å². The average molecular weight is 494 g/mol. The van der Waals surface area contributed by atoms with E-state index in [1.807, 2.05) is 72.6 Å². The van der Waals surface area contributed by atoms with E-state index in [4.69, 9.17) is 15.0 Å². The van der Waals surface area contributed by atoms with Gasteiger partial charge in [0.2, 0.25) is 0 Å². The summed E-state index contributed by atoms with van der Waals surface area (Å²) in [7, 11) is 3.16. The summed E-state index contributed by atoms with van der Waals surface area (Å²) < 4.78 is 4.94. The van der Waals surface area contributed by atoms with E-state index >= 15 is 0 Å². The van der Waals surface area contributed by atoms with Crippen molar-refractivity contribution in [3.63, 3.8) is 0 Å². The fraction of sp³-hybridized carbons (Fsp3) is 0.172. The maximum absolute atomic E-state index is 14.0. The second-order valence-corrected chi connectivity index (χ2v) is 8.42. The standard InChI is InChI=1S/C29H27N5O3/c1-33(19-11-18-30)20-24-26(28(35)32-34(29(36)37-2)22-14-7-4-8-15-22)23-16-9-10-17-25(23)31-27(24)21-12-5-3-6-13-21/h3-10,12-17H,11,19-20H2,1-2H3,(H,32,35). The Bertz CT molecular complexity index is 1430. The number of aromatic nitrogens is 1. The van der Waals surface area contributed by atoms with Crippen molar-refractivity contribution in [2.45, 2.75) is 13.0 Å². The maximum Gasteiger partial charge on any atom is 0.433 e. The summed E-state index contributed by atoms with van der Waals surface area (Å²) in [5, 5.41) is 10.8. The molecule has 4 aromatic rings. The number of carbonyl (C=O) groups is 2. The highest BCUT2D eigenvalue weighted by Crippen LogP contribution is 2.31. The van der Waals surface area contributed by atoms with Crippen LogP contribution in [0.15, 0.2) is 84.9 Å². The van der Waals surface area contributed by atoms with Crippen LogP contribution in [0.5, 0.6) is 0 Å². The van der Waals surface area contributed by atoms with E-state index in [9.17, 15) is 9.59 Å². The molecule has 0 bridgehead atoms. The zero-order valence-corrected chi connectivity index (χ0v) is 20.7. The van der Waals surface area contributed by atoms with Crippen LogP contribution in [0, 0.1) is 11.3 Å². The lowest BCUT2D eigenvalue weighted by Crippen LogP contribution is -2.47. The van der Waals surface area contributed by atoms with Crippen molar-refractivity contribution in [1.82, 2.24) is 15.3 Å². The van der Waals surface area contributed by atoms with Crippen LogP contribution in [0.25, 0.3) is 22.2 Å². The number of hydrogen-bond acceptors (Lipinski definition) is 6. The number of carbonyl (C=O) groups excluding carboxylic acids is 2. The molecule has 0 aliphatic heterocycles. The highest BCUT2D eigenvalue weighted by atomic mass is 16.5. The van der Waals surface area contributed by atoms with Gasteiger partial charge in [-0.2, -0.15) is 10.3 Å². The molecule has 0 atom stereocenters. The van der Waals surface area contributed by atoms with E-state index in [-0.39, 0.29) is 0 Å². The third-order valence-corrected chi connectivity index (χ3v) is 5.89. The predicted molar refractivity (Wildman–Crippen MR) is 143 cm³/mol. The smallest absolute Gasteiger partial charge is 0.433 e. The summed E-state index contributed by atoms with van der Waals surface area (Å²) in [6.07, 6.45) is -0.377. The average Bonchev–Trinajstić information content (AvgIpc) is 2.94. The van der Waals surface area contributed by atoms with Gasteiger partial charge in [0.05, 0.1) is 35.6 Å². The van der Waals surface area contributed by atoms with E-state index < -0.39 is 12.0 Å². The van der Waals surface area contributed by atoms with Gasteiger partial charge >= 0.3 is 6.09 Å². The molecule has 0 aliphatic rings. The monoisotopic (exact) mass is 493 g/mol. The number of nitrogens with zero attached hydrogens (tertiary/aromatic N) is 4. The molecule has 1 heterocycles. The Morgan fingerprint density at radius 1 is 0.973 bits per heavy atom. The maximum atomic E-state index is 14.0. The lowest BCUT2D eigenvalue weighted by atomic mass is 9.95. The van der Waals surface area contributed by atoms with Crippen LogP contribution < -0.4 is 10.4 Å². The topological polar surface area (TPSA) is 98.6 Å². The van der Waals surface area contributed by atoms with Gasteiger partial charge in [-0.1, -0.05) is 66.7 Å². The summed E-state index contributed by atoms with van der Waals surface area (Å²) in [4.78, 5) is 33.6. The van der Waals surface area contributed by atoms with Crippen molar-refractivity contribution >= 4 is 28.6 Å². The molecule has 0 radical (unpaired) electrons. The second kappa shape index (κ2) is 11.8. The lowest BCUT2D eigenvalue weighted by molar-refractivity contribution is 0.0941. The van der Waals surface area contributed by atoms with Gasteiger partial charge < -0.3 is 9.64 Å². The largest absolute Gasteiger partial charge is 0.451 e. The van der Waals surface area contributed by atoms with Crippen LogP contribution >= 0.6 is 0 Å². The number of hydrazine groups is 1. The summed E-state index contributed by atoms with van der Waals surface area (Å²) in [5.41, 5.74) is 6.48. The van der Waals surface area contributed by atoms with Crippen LogP contribution in [0.2, 0.25) is 0 Å². The van der Waals surface area contributed by atoms with Gasteiger partial charge in [0.25, 0.3) is 5.91 Å². The number of nitrogens with one attached hydrogen (secondary N) is 1. The zero-order chi connectivity index (χ0) is 26.2. The molecule has 0 saturated carbocycles. The Labute approximate surface area is 215 Å². The Kier molecular flexibility index (Phi) is 8.08. The minimum absolute atomic E-state index is 0.351. The Morgan fingerprint density at radius 3 is 2.30 bits per heavy atom. The highest BCUT2D eigenvalue weighted by Gasteiger charge is 2.26. The third kappa shape index (κ3) is 5.74. The number of hydrogen-bond donors (Lipinski definition) is 1. The summed E-state index contributed by atoms with van der Waals surface area (Å²) in [5.74, 6) is -0.478. The molecule has 186 valence electrons. The summed E-state index contributed by atoms with van der Waals surface area (Å²) in [6.45, 7) is 0.896. The van der Waals surface area contributed by atoms with Gasteiger partial charge in [-0.15, -0.1) is 0 Å². The van der Waals surface area contributed by atoms with E-state index in [1.54, 1.807) is 24.3 Å². The zero-order valence-electron chi connectivity index (χ0n) is 20.7. The number of nitriles is 1. The van der Waals surface area contributed by atoms with Gasteiger partial charge in [0, 0.05) is 36.0 Å². The number of fused-ring (bicyclic) bond motifs is 1. The molecule has 0 spiro atoms. The number of rotatable bonds is 7. The third-order valence-electron chi connectivity index (χ3n) is 5.89. The first-order valence-corrected chi connectivity index (χ1v) is 11.8. The Hall–Kier alpha value is -4.74. The van der Waals surface area contributed by atoms with Crippen LogP contribution in [0.4, 0.5) is 10.5 Å². The quantitative estimate of drug-likeness (QED) is 0.357. The van der Waals surface area contributed by atoms with Crippen molar-refractivity contribution in [2.24, 2.45) is 0 Å². The van der Waals surface area contributed by atoms with Gasteiger partial charge in [0.15, 0.2) is 0 Å². The molecule has 2 amide bonds.